The Bertz CT molecular complexity index is 183. The second-order valence-electron chi connectivity index (χ2n) is 2.26. The number of carbonyl (C=O) groups excluding carboxylic acids is 1. The Balaban J connectivity index is 2.37. The first-order valence-corrected chi connectivity index (χ1v) is 4.98. The molecule has 1 fully saturated rings. The van der Waals surface area contributed by atoms with E-state index in [2.05, 4.69) is 5.32 Å². The van der Waals surface area contributed by atoms with Crippen molar-refractivity contribution in [3.63, 3.8) is 0 Å². The molecule has 64 valence electrons. The number of ether oxygens (including phenoxy) is 1. The van der Waals surface area contributed by atoms with Crippen molar-refractivity contribution in [2.24, 2.45) is 0 Å². The van der Waals surface area contributed by atoms with E-state index in [0.717, 1.165) is 0 Å². The maximum atomic E-state index is 11.0. The van der Waals surface area contributed by atoms with Crippen LogP contribution in [0.4, 0.5) is 0 Å². The highest BCUT2D eigenvalue weighted by atomic mass is 32.2. The van der Waals surface area contributed by atoms with Crippen LogP contribution in [-0.2, 0) is 20.3 Å². The van der Waals surface area contributed by atoms with Crippen molar-refractivity contribution in [2.75, 3.05) is 18.2 Å². The zero-order valence-electron chi connectivity index (χ0n) is 6.33. The molecule has 1 N–H and O–H groups in total. The van der Waals surface area contributed by atoms with Gasteiger partial charge in [0.25, 0.3) is 0 Å². The summed E-state index contributed by atoms with van der Waals surface area (Å²) in [6.07, 6.45) is 0. The normalized spacial score (nSPS) is 30.3. The predicted octanol–water partition coefficient (Wildman–Crippen LogP) is -0.773. The van der Waals surface area contributed by atoms with E-state index in [1.807, 2.05) is 0 Å². The predicted molar refractivity (Wildman–Crippen MR) is 41.4 cm³/mol. The van der Waals surface area contributed by atoms with E-state index in [1.165, 1.54) is 0 Å². The van der Waals surface area contributed by atoms with Crippen LogP contribution in [0.5, 0.6) is 0 Å². The molecule has 0 saturated carbocycles. The lowest BCUT2D eigenvalue weighted by molar-refractivity contribution is -0.144. The van der Waals surface area contributed by atoms with Gasteiger partial charge in [-0.3, -0.25) is 14.3 Å². The maximum absolute atomic E-state index is 11.0. The van der Waals surface area contributed by atoms with Crippen LogP contribution in [-0.4, -0.2) is 34.5 Å². The summed E-state index contributed by atoms with van der Waals surface area (Å²) in [6, 6.07) is -0.351. The Labute approximate surface area is 67.8 Å². The largest absolute Gasteiger partial charge is 0.465 e. The van der Waals surface area contributed by atoms with Gasteiger partial charge < -0.3 is 4.74 Å². The Hall–Kier alpha value is -0.420. The van der Waals surface area contributed by atoms with Crippen molar-refractivity contribution in [1.29, 1.82) is 0 Å². The van der Waals surface area contributed by atoms with Gasteiger partial charge >= 0.3 is 5.97 Å². The summed E-state index contributed by atoms with van der Waals surface area (Å²) >= 11 is 0. The molecule has 11 heavy (non-hydrogen) atoms. The van der Waals surface area contributed by atoms with Crippen molar-refractivity contribution in [1.82, 2.24) is 5.32 Å². The minimum atomic E-state index is -0.889. The van der Waals surface area contributed by atoms with E-state index >= 15 is 0 Å². The first-order valence-electron chi connectivity index (χ1n) is 3.49. The van der Waals surface area contributed by atoms with Crippen LogP contribution in [0.25, 0.3) is 0 Å². The molecule has 0 bridgehead atoms. The fraction of sp³-hybridized carbons (Fsp3) is 0.833. The molecule has 1 aliphatic heterocycles. The standard InChI is InChI=1S/C6H11NO3S/c1-2-10-6(8)5-3-11(9)4-7-5/h5,7H,2-4H2,1H3/t5-,11?/m0/s1. The number of esters is 1. The molecule has 2 atom stereocenters. The molecule has 1 unspecified atom stereocenters. The number of rotatable bonds is 2. The highest BCUT2D eigenvalue weighted by Crippen LogP contribution is 2.00. The topological polar surface area (TPSA) is 55.4 Å². The third-order valence-corrected chi connectivity index (χ3v) is 2.61. The van der Waals surface area contributed by atoms with Gasteiger partial charge in [-0.25, -0.2) is 0 Å². The molecule has 1 rings (SSSR count). The SMILES string of the molecule is CCOC(=O)[C@@H]1CS(=O)CN1. The van der Waals surface area contributed by atoms with E-state index in [1.54, 1.807) is 6.92 Å². The lowest BCUT2D eigenvalue weighted by Gasteiger charge is -2.06. The molecular formula is C6H11NO3S. The Morgan fingerprint density at radius 1 is 1.82 bits per heavy atom. The van der Waals surface area contributed by atoms with Crippen LogP contribution >= 0.6 is 0 Å². The van der Waals surface area contributed by atoms with Crippen LogP contribution in [0.3, 0.4) is 0 Å². The van der Waals surface area contributed by atoms with Crippen LogP contribution < -0.4 is 5.32 Å². The van der Waals surface area contributed by atoms with E-state index in [-0.39, 0.29) is 12.0 Å². The van der Waals surface area contributed by atoms with E-state index < -0.39 is 10.8 Å². The average Bonchev–Trinajstić information content (AvgIpc) is 2.36. The minimum absolute atomic E-state index is 0.293. The molecule has 0 aliphatic carbocycles. The smallest absolute Gasteiger partial charge is 0.324 e. The zero-order chi connectivity index (χ0) is 8.27. The van der Waals surface area contributed by atoms with Gasteiger partial charge in [-0.15, -0.1) is 0 Å². The number of carbonyl (C=O) groups is 1. The van der Waals surface area contributed by atoms with E-state index in [9.17, 15) is 9.00 Å². The van der Waals surface area contributed by atoms with Crippen molar-refractivity contribution in [3.05, 3.63) is 0 Å². The second-order valence-corrected chi connectivity index (χ2v) is 3.76. The Morgan fingerprint density at radius 3 is 3.00 bits per heavy atom. The van der Waals surface area contributed by atoms with Gasteiger partial charge in [-0.2, -0.15) is 0 Å². The number of hydrogen-bond acceptors (Lipinski definition) is 4. The minimum Gasteiger partial charge on any atom is -0.465 e. The van der Waals surface area contributed by atoms with Crippen LogP contribution in [0.1, 0.15) is 6.92 Å². The molecule has 4 nitrogen and oxygen atoms in total. The number of nitrogens with one attached hydrogen (secondary N) is 1. The third kappa shape index (κ3) is 2.27. The highest BCUT2D eigenvalue weighted by Gasteiger charge is 2.27. The summed E-state index contributed by atoms with van der Waals surface area (Å²) < 4.78 is 15.5. The summed E-state index contributed by atoms with van der Waals surface area (Å²) in [7, 11) is -0.889. The molecule has 0 spiro atoms. The monoisotopic (exact) mass is 177 g/mol. The highest BCUT2D eigenvalue weighted by molar-refractivity contribution is 7.85. The van der Waals surface area contributed by atoms with E-state index in [4.69, 9.17) is 4.74 Å². The molecule has 0 radical (unpaired) electrons. The molecule has 0 aromatic rings. The quantitative estimate of drug-likeness (QED) is 0.563. The Morgan fingerprint density at radius 2 is 2.55 bits per heavy atom. The van der Waals surface area contributed by atoms with Gasteiger partial charge in [0.2, 0.25) is 0 Å². The first kappa shape index (κ1) is 8.67. The zero-order valence-corrected chi connectivity index (χ0v) is 7.15. The third-order valence-electron chi connectivity index (χ3n) is 1.41. The summed E-state index contributed by atoms with van der Waals surface area (Å²) in [4.78, 5) is 11.0. The molecule has 5 heteroatoms. The van der Waals surface area contributed by atoms with Gasteiger partial charge in [-0.1, -0.05) is 0 Å². The van der Waals surface area contributed by atoms with Crippen molar-refractivity contribution in [3.8, 4) is 0 Å². The summed E-state index contributed by atoms with van der Waals surface area (Å²) in [5, 5.41) is 2.82. The summed E-state index contributed by atoms with van der Waals surface area (Å²) in [5.41, 5.74) is 0. The second kappa shape index (κ2) is 3.82. The molecule has 0 amide bonds. The molecule has 1 heterocycles. The van der Waals surface area contributed by atoms with Crippen molar-refractivity contribution >= 4 is 16.8 Å². The van der Waals surface area contributed by atoms with Crippen LogP contribution in [0, 0.1) is 0 Å². The molecule has 1 aliphatic rings. The average molecular weight is 177 g/mol. The summed E-state index contributed by atoms with van der Waals surface area (Å²) in [6.45, 7) is 2.13. The van der Waals surface area contributed by atoms with Gasteiger partial charge in [0.05, 0.1) is 18.2 Å². The van der Waals surface area contributed by atoms with Gasteiger partial charge in [0, 0.05) is 10.8 Å². The number of hydrogen-bond donors (Lipinski definition) is 1. The summed E-state index contributed by atoms with van der Waals surface area (Å²) in [5.74, 6) is 0.501. The molecular weight excluding hydrogens is 166 g/mol. The lowest BCUT2D eigenvalue weighted by Crippen LogP contribution is -2.34. The van der Waals surface area contributed by atoms with Crippen LogP contribution in [0.2, 0.25) is 0 Å². The van der Waals surface area contributed by atoms with E-state index in [0.29, 0.717) is 18.2 Å². The van der Waals surface area contributed by atoms with Crippen LogP contribution in [0.15, 0.2) is 0 Å². The Kier molecular flexibility index (Phi) is 3.02. The van der Waals surface area contributed by atoms with Crippen molar-refractivity contribution < 1.29 is 13.7 Å². The first-order chi connectivity index (χ1) is 5.24. The molecule has 0 aromatic heterocycles. The fourth-order valence-corrected chi connectivity index (χ4v) is 2.02. The lowest BCUT2D eigenvalue weighted by atomic mass is 10.3. The molecule has 0 aromatic carbocycles. The van der Waals surface area contributed by atoms with Gasteiger partial charge in [0.15, 0.2) is 0 Å². The fourth-order valence-electron chi connectivity index (χ4n) is 0.892. The maximum Gasteiger partial charge on any atom is 0.324 e. The van der Waals surface area contributed by atoms with Gasteiger partial charge in [0.1, 0.15) is 6.04 Å². The van der Waals surface area contributed by atoms with Crippen molar-refractivity contribution in [2.45, 2.75) is 13.0 Å². The molecule has 1 saturated heterocycles. The van der Waals surface area contributed by atoms with Gasteiger partial charge in [-0.05, 0) is 6.92 Å².